The smallest absolute Gasteiger partial charge is 0.258 e. The molecule has 1 N–H and O–H groups in total. The first-order valence-electron chi connectivity index (χ1n) is 9.56. The van der Waals surface area contributed by atoms with Crippen molar-refractivity contribution in [2.24, 2.45) is 0 Å². The van der Waals surface area contributed by atoms with E-state index in [9.17, 15) is 9.59 Å². The summed E-state index contributed by atoms with van der Waals surface area (Å²) in [6.45, 7) is 1.05. The first-order valence-corrected chi connectivity index (χ1v) is 9.56. The Bertz CT molecular complexity index is 1050. The monoisotopic (exact) mass is 386 g/mol. The number of carbonyl (C=O) groups is 2. The second-order valence-electron chi connectivity index (χ2n) is 6.95. The molecule has 0 saturated heterocycles. The Morgan fingerprint density at radius 1 is 0.966 bits per heavy atom. The van der Waals surface area contributed by atoms with Crippen LogP contribution in [0, 0.1) is 0 Å². The minimum atomic E-state index is -0.165. The quantitative estimate of drug-likeness (QED) is 0.725. The topological polar surface area (TPSA) is 58.6 Å². The van der Waals surface area contributed by atoms with E-state index in [0.29, 0.717) is 30.0 Å². The van der Waals surface area contributed by atoms with Gasteiger partial charge >= 0.3 is 0 Å². The van der Waals surface area contributed by atoms with Crippen LogP contribution in [0.15, 0.2) is 72.8 Å². The molecule has 5 nitrogen and oxygen atoms in total. The molecule has 0 spiro atoms. The fourth-order valence-corrected chi connectivity index (χ4v) is 3.53. The molecular weight excluding hydrogens is 364 g/mol. The number of nitrogens with zero attached hydrogens (tertiary/aromatic N) is 1. The van der Waals surface area contributed by atoms with Crippen LogP contribution in [0.2, 0.25) is 0 Å². The third-order valence-corrected chi connectivity index (χ3v) is 5.10. The van der Waals surface area contributed by atoms with Crippen molar-refractivity contribution < 1.29 is 14.3 Å². The van der Waals surface area contributed by atoms with Gasteiger partial charge in [0.15, 0.2) is 0 Å². The fraction of sp³-hybridized carbons (Fsp3) is 0.167. The second-order valence-corrected chi connectivity index (χ2v) is 6.95. The molecule has 0 unspecified atom stereocenters. The molecule has 4 rings (SSSR count). The van der Waals surface area contributed by atoms with Crippen molar-refractivity contribution >= 4 is 17.5 Å². The molecule has 0 saturated carbocycles. The average molecular weight is 386 g/mol. The zero-order valence-corrected chi connectivity index (χ0v) is 16.2. The van der Waals surface area contributed by atoms with Gasteiger partial charge in [-0.3, -0.25) is 9.59 Å². The third-order valence-electron chi connectivity index (χ3n) is 5.10. The second kappa shape index (κ2) is 8.19. The van der Waals surface area contributed by atoms with Crippen LogP contribution in [0.1, 0.15) is 31.8 Å². The Hall–Kier alpha value is -3.60. The molecule has 1 aliphatic rings. The Balaban J connectivity index is 1.48. The highest BCUT2D eigenvalue weighted by atomic mass is 16.5. The van der Waals surface area contributed by atoms with Gasteiger partial charge in [0, 0.05) is 29.9 Å². The predicted octanol–water partition coefficient (Wildman–Crippen LogP) is 3.83. The molecule has 3 aromatic rings. The lowest BCUT2D eigenvalue weighted by Gasteiger charge is -2.18. The van der Waals surface area contributed by atoms with E-state index < -0.39 is 0 Å². The van der Waals surface area contributed by atoms with Crippen LogP contribution in [0.25, 0.3) is 0 Å². The van der Waals surface area contributed by atoms with Crippen molar-refractivity contribution in [3.8, 4) is 5.75 Å². The molecule has 2 amide bonds. The molecule has 3 aromatic carbocycles. The maximum Gasteiger partial charge on any atom is 0.258 e. The van der Waals surface area contributed by atoms with E-state index in [1.807, 2.05) is 53.4 Å². The van der Waals surface area contributed by atoms with Gasteiger partial charge in [-0.25, -0.2) is 0 Å². The van der Waals surface area contributed by atoms with Crippen molar-refractivity contribution in [2.75, 3.05) is 18.6 Å². The molecule has 0 atom stereocenters. The molecule has 0 fully saturated rings. The van der Waals surface area contributed by atoms with E-state index in [-0.39, 0.29) is 11.8 Å². The fourth-order valence-electron chi connectivity index (χ4n) is 3.53. The number of fused-ring (bicyclic) bond motifs is 1. The zero-order chi connectivity index (χ0) is 20.2. The van der Waals surface area contributed by atoms with Gasteiger partial charge in [0.25, 0.3) is 11.8 Å². The summed E-state index contributed by atoms with van der Waals surface area (Å²) in [4.78, 5) is 27.1. The number of hydrogen-bond donors (Lipinski definition) is 1. The van der Waals surface area contributed by atoms with Crippen LogP contribution >= 0.6 is 0 Å². The van der Waals surface area contributed by atoms with Gasteiger partial charge in [0.1, 0.15) is 5.75 Å². The molecule has 0 aliphatic carbocycles. The van der Waals surface area contributed by atoms with E-state index in [2.05, 4.69) is 5.32 Å². The van der Waals surface area contributed by atoms with Crippen molar-refractivity contribution in [3.05, 3.63) is 95.1 Å². The number of hydrogen-bond acceptors (Lipinski definition) is 3. The highest BCUT2D eigenvalue weighted by Gasteiger charge is 2.25. The highest BCUT2D eigenvalue weighted by Crippen LogP contribution is 2.30. The number of carbonyl (C=O) groups excluding carboxylic acids is 2. The normalized spacial score (nSPS) is 12.4. The number of methoxy groups -OCH3 is 1. The summed E-state index contributed by atoms with van der Waals surface area (Å²) >= 11 is 0. The zero-order valence-electron chi connectivity index (χ0n) is 16.2. The van der Waals surface area contributed by atoms with Gasteiger partial charge in [-0.05, 0) is 53.9 Å². The van der Waals surface area contributed by atoms with E-state index in [1.165, 1.54) is 0 Å². The van der Waals surface area contributed by atoms with Gasteiger partial charge in [-0.15, -0.1) is 0 Å². The van der Waals surface area contributed by atoms with Crippen LogP contribution in [0.5, 0.6) is 5.75 Å². The van der Waals surface area contributed by atoms with E-state index in [0.717, 1.165) is 23.2 Å². The Labute approximate surface area is 169 Å². The molecule has 0 radical (unpaired) electrons. The Morgan fingerprint density at radius 3 is 2.55 bits per heavy atom. The maximum atomic E-state index is 12.9. The first-order chi connectivity index (χ1) is 14.2. The van der Waals surface area contributed by atoms with E-state index in [4.69, 9.17) is 4.74 Å². The predicted molar refractivity (Wildman–Crippen MR) is 112 cm³/mol. The summed E-state index contributed by atoms with van der Waals surface area (Å²) < 4.78 is 5.17. The van der Waals surface area contributed by atoms with Crippen LogP contribution in [-0.2, 0) is 13.0 Å². The summed E-state index contributed by atoms with van der Waals surface area (Å²) in [7, 11) is 1.57. The number of rotatable bonds is 5. The SMILES string of the molecule is COc1cccc(C(=O)NCc2ccc3c(c2)N(C(=O)c2ccccc2)CC3)c1. The molecule has 5 heteroatoms. The van der Waals surface area contributed by atoms with E-state index >= 15 is 0 Å². The summed E-state index contributed by atoms with van der Waals surface area (Å²) in [5.41, 5.74) is 4.25. The summed E-state index contributed by atoms with van der Waals surface area (Å²) in [6.07, 6.45) is 0.838. The van der Waals surface area contributed by atoms with Crippen LogP contribution in [0.4, 0.5) is 5.69 Å². The van der Waals surface area contributed by atoms with Crippen LogP contribution in [-0.4, -0.2) is 25.5 Å². The van der Waals surface area contributed by atoms with Crippen molar-refractivity contribution in [2.45, 2.75) is 13.0 Å². The maximum absolute atomic E-state index is 12.9. The highest BCUT2D eigenvalue weighted by molar-refractivity contribution is 6.07. The Morgan fingerprint density at radius 2 is 1.76 bits per heavy atom. The van der Waals surface area contributed by atoms with Crippen molar-refractivity contribution in [1.82, 2.24) is 5.32 Å². The number of ether oxygens (including phenoxy) is 1. The average Bonchev–Trinajstić information content (AvgIpc) is 3.20. The van der Waals surface area contributed by atoms with Crippen LogP contribution < -0.4 is 15.0 Å². The summed E-state index contributed by atoms with van der Waals surface area (Å²) in [6, 6.07) is 22.4. The van der Waals surface area contributed by atoms with E-state index in [1.54, 1.807) is 31.4 Å². The largest absolute Gasteiger partial charge is 0.497 e. The molecule has 1 heterocycles. The minimum Gasteiger partial charge on any atom is -0.497 e. The van der Waals surface area contributed by atoms with Crippen molar-refractivity contribution in [3.63, 3.8) is 0 Å². The lowest BCUT2D eigenvalue weighted by Crippen LogP contribution is -2.29. The van der Waals surface area contributed by atoms with Crippen LogP contribution in [0.3, 0.4) is 0 Å². The first kappa shape index (κ1) is 18.7. The lowest BCUT2D eigenvalue weighted by atomic mass is 10.1. The Kier molecular flexibility index (Phi) is 5.29. The molecular formula is C24H22N2O3. The molecule has 1 aliphatic heterocycles. The molecule has 0 bridgehead atoms. The number of amides is 2. The summed E-state index contributed by atoms with van der Waals surface area (Å²) in [5, 5.41) is 2.94. The van der Waals surface area contributed by atoms with Gasteiger partial charge in [-0.2, -0.15) is 0 Å². The molecule has 146 valence electrons. The number of nitrogens with one attached hydrogen (secondary N) is 1. The standard InChI is InChI=1S/C24H22N2O3/c1-29-21-9-5-8-20(15-21)23(27)25-16-17-10-11-18-12-13-26(22(18)14-17)24(28)19-6-3-2-4-7-19/h2-11,14-15H,12-13,16H2,1H3,(H,25,27). The van der Waals surface area contributed by atoms with Gasteiger partial charge in [0.05, 0.1) is 7.11 Å². The number of anilines is 1. The third kappa shape index (κ3) is 3.99. The van der Waals surface area contributed by atoms with Gasteiger partial charge in [0.2, 0.25) is 0 Å². The number of benzene rings is 3. The van der Waals surface area contributed by atoms with Crippen molar-refractivity contribution in [1.29, 1.82) is 0 Å². The molecule has 29 heavy (non-hydrogen) atoms. The molecule has 0 aromatic heterocycles. The lowest BCUT2D eigenvalue weighted by molar-refractivity contribution is 0.0948. The van der Waals surface area contributed by atoms with Gasteiger partial charge < -0.3 is 15.0 Å². The minimum absolute atomic E-state index is 0.00177. The summed E-state index contributed by atoms with van der Waals surface area (Å²) in [5.74, 6) is 0.480. The van der Waals surface area contributed by atoms with Gasteiger partial charge in [-0.1, -0.05) is 36.4 Å².